The van der Waals surface area contributed by atoms with Crippen LogP contribution in [-0.2, 0) is 17.5 Å². The Morgan fingerprint density at radius 2 is 2.11 bits per heavy atom. The maximum atomic E-state index is 12.6. The topological polar surface area (TPSA) is 78.8 Å². The fourth-order valence-electron chi connectivity index (χ4n) is 2.49. The molecule has 0 radical (unpaired) electrons. The average molecular weight is 521 g/mol. The molecule has 27 heavy (non-hydrogen) atoms. The highest BCUT2D eigenvalue weighted by molar-refractivity contribution is 14.0. The molecule has 0 spiro atoms. The zero-order chi connectivity index (χ0) is 19.2. The lowest BCUT2D eigenvalue weighted by molar-refractivity contribution is -0.140. The number of hydrogen-bond acceptors (Lipinski definition) is 5. The second-order valence-electron chi connectivity index (χ2n) is 5.65. The van der Waals surface area contributed by atoms with E-state index in [1.165, 1.54) is 0 Å². The zero-order valence-corrected chi connectivity index (χ0v) is 18.2. The lowest BCUT2D eigenvalue weighted by Gasteiger charge is -2.32. The van der Waals surface area contributed by atoms with Crippen LogP contribution in [0.5, 0.6) is 0 Å². The van der Waals surface area contributed by atoms with Crippen LogP contribution in [-0.4, -0.2) is 54.7 Å². The van der Waals surface area contributed by atoms with Crippen molar-refractivity contribution in [1.82, 2.24) is 20.5 Å². The van der Waals surface area contributed by atoms with E-state index in [9.17, 15) is 18.0 Å². The molecular formula is C15H23F3IN5O2S. The van der Waals surface area contributed by atoms with Gasteiger partial charge in [0, 0.05) is 31.6 Å². The number of halogens is 4. The first-order chi connectivity index (χ1) is 12.3. The van der Waals surface area contributed by atoms with Crippen molar-refractivity contribution >= 4 is 47.4 Å². The van der Waals surface area contributed by atoms with Crippen molar-refractivity contribution in [2.45, 2.75) is 38.5 Å². The summed E-state index contributed by atoms with van der Waals surface area (Å²) >= 11 is 0.949. The molecule has 0 atom stereocenters. The number of guanidine groups is 1. The minimum Gasteiger partial charge on any atom is -0.450 e. The van der Waals surface area contributed by atoms with Gasteiger partial charge in [-0.3, -0.25) is 4.99 Å². The molecule has 0 bridgehead atoms. The number of carbonyl (C=O) groups excluding carboxylic acids is 1. The van der Waals surface area contributed by atoms with E-state index in [1.54, 1.807) is 18.9 Å². The Morgan fingerprint density at radius 1 is 1.44 bits per heavy atom. The summed E-state index contributed by atoms with van der Waals surface area (Å²) in [5.41, 5.74) is -0.881. The summed E-state index contributed by atoms with van der Waals surface area (Å²) < 4.78 is 42.7. The van der Waals surface area contributed by atoms with Gasteiger partial charge in [-0.15, -0.1) is 35.3 Å². The van der Waals surface area contributed by atoms with E-state index >= 15 is 0 Å². The minimum absolute atomic E-state index is 0. The Kier molecular flexibility index (Phi) is 9.56. The van der Waals surface area contributed by atoms with Crippen LogP contribution < -0.4 is 10.6 Å². The van der Waals surface area contributed by atoms with Gasteiger partial charge >= 0.3 is 12.3 Å². The van der Waals surface area contributed by atoms with Crippen molar-refractivity contribution in [3.63, 3.8) is 0 Å². The SMILES string of the molecule is CCOC(=O)N1CCC(NC(=NC)NCc2nc(C(F)(F)F)cs2)CC1.I. The molecule has 1 fully saturated rings. The molecule has 12 heteroatoms. The molecule has 0 saturated carbocycles. The van der Waals surface area contributed by atoms with Crippen LogP contribution in [0.1, 0.15) is 30.5 Å². The minimum atomic E-state index is -4.43. The number of amides is 1. The first-order valence-electron chi connectivity index (χ1n) is 8.24. The molecule has 0 aliphatic carbocycles. The van der Waals surface area contributed by atoms with Crippen molar-refractivity contribution in [3.05, 3.63) is 16.1 Å². The lowest BCUT2D eigenvalue weighted by Crippen LogP contribution is -2.49. The fourth-order valence-corrected chi connectivity index (χ4v) is 3.23. The van der Waals surface area contributed by atoms with Gasteiger partial charge in [-0.05, 0) is 19.8 Å². The Bertz CT molecular complexity index is 633. The maximum Gasteiger partial charge on any atom is 0.434 e. The summed E-state index contributed by atoms with van der Waals surface area (Å²) in [6.07, 6.45) is -3.27. The highest BCUT2D eigenvalue weighted by Crippen LogP contribution is 2.29. The average Bonchev–Trinajstić information content (AvgIpc) is 3.08. The molecule has 1 aliphatic heterocycles. The van der Waals surface area contributed by atoms with Gasteiger partial charge in [0.15, 0.2) is 11.7 Å². The number of nitrogens with one attached hydrogen (secondary N) is 2. The van der Waals surface area contributed by atoms with Crippen molar-refractivity contribution in [1.29, 1.82) is 0 Å². The number of likely N-dealkylation sites (tertiary alicyclic amines) is 1. The highest BCUT2D eigenvalue weighted by atomic mass is 127. The predicted molar refractivity (Wildman–Crippen MR) is 107 cm³/mol. The Morgan fingerprint density at radius 3 is 2.63 bits per heavy atom. The molecule has 2 heterocycles. The van der Waals surface area contributed by atoms with Crippen LogP contribution in [0.25, 0.3) is 0 Å². The summed E-state index contributed by atoms with van der Waals surface area (Å²) in [5, 5.41) is 7.51. The van der Waals surface area contributed by atoms with Crippen LogP contribution in [0.4, 0.5) is 18.0 Å². The number of ether oxygens (including phenoxy) is 1. The number of alkyl halides is 3. The number of aromatic nitrogens is 1. The predicted octanol–water partition coefficient (Wildman–Crippen LogP) is 3.07. The van der Waals surface area contributed by atoms with Crippen LogP contribution >= 0.6 is 35.3 Å². The van der Waals surface area contributed by atoms with Gasteiger partial charge in [-0.2, -0.15) is 13.2 Å². The monoisotopic (exact) mass is 521 g/mol. The van der Waals surface area contributed by atoms with Crippen LogP contribution in [0.3, 0.4) is 0 Å². The second-order valence-corrected chi connectivity index (χ2v) is 6.60. The zero-order valence-electron chi connectivity index (χ0n) is 15.0. The van der Waals surface area contributed by atoms with Gasteiger partial charge in [0.1, 0.15) is 5.01 Å². The Hall–Kier alpha value is -1.31. The van der Waals surface area contributed by atoms with Gasteiger partial charge in [-0.25, -0.2) is 9.78 Å². The molecule has 2 rings (SSSR count). The fraction of sp³-hybridized carbons (Fsp3) is 0.667. The van der Waals surface area contributed by atoms with Crippen molar-refractivity contribution in [2.24, 2.45) is 4.99 Å². The van der Waals surface area contributed by atoms with Crippen molar-refractivity contribution < 1.29 is 22.7 Å². The van der Waals surface area contributed by atoms with E-state index in [-0.39, 0.29) is 42.7 Å². The maximum absolute atomic E-state index is 12.6. The summed E-state index contributed by atoms with van der Waals surface area (Å²) in [7, 11) is 1.59. The molecule has 7 nitrogen and oxygen atoms in total. The van der Waals surface area contributed by atoms with Crippen molar-refractivity contribution in [3.8, 4) is 0 Å². The summed E-state index contributed by atoms with van der Waals surface area (Å²) in [6.45, 7) is 3.42. The highest BCUT2D eigenvalue weighted by Gasteiger charge is 2.33. The normalized spacial score (nSPS) is 15.9. The molecule has 1 saturated heterocycles. The van der Waals surface area contributed by atoms with Gasteiger partial charge in [0.05, 0.1) is 13.2 Å². The second kappa shape index (κ2) is 10.9. The first kappa shape index (κ1) is 23.7. The van der Waals surface area contributed by atoms with E-state index in [4.69, 9.17) is 4.74 Å². The molecule has 1 amide bonds. The summed E-state index contributed by atoms with van der Waals surface area (Å²) in [6, 6.07) is 0.119. The standard InChI is InChI=1S/C15H22F3N5O2S.HI/c1-3-25-14(24)23-6-4-10(5-7-23)21-13(19-2)20-8-12-22-11(9-26-12)15(16,17)18;/h9-10H,3-8H2,1-2H3,(H2,19,20,21);1H. The first-order valence-corrected chi connectivity index (χ1v) is 9.12. The molecule has 154 valence electrons. The van der Waals surface area contributed by atoms with E-state index in [0.29, 0.717) is 30.7 Å². The number of hydrogen-bond donors (Lipinski definition) is 2. The third kappa shape index (κ3) is 7.31. The number of thiazole rings is 1. The van der Waals surface area contributed by atoms with Gasteiger partial charge < -0.3 is 20.3 Å². The van der Waals surface area contributed by atoms with Gasteiger partial charge in [0.25, 0.3) is 0 Å². The number of nitrogens with zero attached hydrogens (tertiary/aromatic N) is 3. The van der Waals surface area contributed by atoms with Crippen molar-refractivity contribution in [2.75, 3.05) is 26.7 Å². The van der Waals surface area contributed by atoms with Gasteiger partial charge in [-0.1, -0.05) is 0 Å². The number of piperidine rings is 1. The third-order valence-electron chi connectivity index (χ3n) is 3.83. The number of rotatable bonds is 4. The summed E-state index contributed by atoms with van der Waals surface area (Å²) in [4.78, 5) is 21.0. The Labute approximate surface area is 176 Å². The lowest BCUT2D eigenvalue weighted by atomic mass is 10.1. The van der Waals surface area contributed by atoms with E-state index < -0.39 is 11.9 Å². The van der Waals surface area contributed by atoms with E-state index in [0.717, 1.165) is 29.6 Å². The third-order valence-corrected chi connectivity index (χ3v) is 4.68. The smallest absolute Gasteiger partial charge is 0.434 e. The van der Waals surface area contributed by atoms with Crippen LogP contribution in [0.15, 0.2) is 10.4 Å². The molecular weight excluding hydrogens is 498 g/mol. The summed E-state index contributed by atoms with van der Waals surface area (Å²) in [5.74, 6) is 0.489. The molecule has 1 aromatic rings. The number of aliphatic imine (C=N–C) groups is 1. The Balaban J connectivity index is 0.00000364. The quantitative estimate of drug-likeness (QED) is 0.362. The largest absolute Gasteiger partial charge is 0.450 e. The van der Waals surface area contributed by atoms with Gasteiger partial charge in [0.2, 0.25) is 0 Å². The van der Waals surface area contributed by atoms with Crippen LogP contribution in [0.2, 0.25) is 0 Å². The molecule has 1 aliphatic rings. The molecule has 1 aromatic heterocycles. The number of carbonyl (C=O) groups is 1. The molecule has 0 aromatic carbocycles. The molecule has 0 unspecified atom stereocenters. The van der Waals surface area contributed by atoms with E-state index in [2.05, 4.69) is 20.6 Å². The van der Waals surface area contributed by atoms with Crippen LogP contribution in [0, 0.1) is 0 Å². The molecule has 2 N–H and O–H groups in total. The van der Waals surface area contributed by atoms with E-state index in [1.807, 2.05) is 0 Å².